The summed E-state index contributed by atoms with van der Waals surface area (Å²) in [5.41, 5.74) is 0. The minimum absolute atomic E-state index is 0.0324. The predicted octanol–water partition coefficient (Wildman–Crippen LogP) is -1.74. The zero-order valence-corrected chi connectivity index (χ0v) is 37.1. The van der Waals surface area contributed by atoms with Crippen molar-refractivity contribution in [2.75, 3.05) is 197 Å². The number of ether oxygens (including phenoxy) is 8. The van der Waals surface area contributed by atoms with Gasteiger partial charge in [-0.3, -0.25) is 43.6 Å². The lowest BCUT2D eigenvalue weighted by atomic mass is 10.1. The normalized spacial score (nSPS) is 15.3. The van der Waals surface area contributed by atoms with E-state index in [-0.39, 0.29) is 51.1 Å². The standard InChI is InChI=1S/C40H76N6O16/c1-35(2)3-4-36(47)41-5-15-55-17-19-57-21-23-59-25-27-61-29-30-62-28-26-60-24-22-58-20-18-56-16-6-42-37(48)31-43-7-9-44(32-38(49)50)11-13-46(34-40(53)54)14-12-45(10-8-43)33-39(51)52/h35H,3-34H2,1-2H3,(H,41,47)(H,42,48)(H,49,50)(H,51,52)(H,53,54). The summed E-state index contributed by atoms with van der Waals surface area (Å²) in [7, 11) is 0. The van der Waals surface area contributed by atoms with Gasteiger partial charge >= 0.3 is 17.9 Å². The Morgan fingerprint density at radius 1 is 0.403 bits per heavy atom. The first-order chi connectivity index (χ1) is 29.9. The Morgan fingerprint density at radius 3 is 0.903 bits per heavy atom. The largest absolute Gasteiger partial charge is 0.480 e. The third-order valence-electron chi connectivity index (χ3n) is 9.06. The average Bonchev–Trinajstić information content (AvgIpc) is 3.21. The van der Waals surface area contributed by atoms with Gasteiger partial charge in [0, 0.05) is 71.9 Å². The van der Waals surface area contributed by atoms with Gasteiger partial charge in [0.05, 0.1) is 132 Å². The van der Waals surface area contributed by atoms with Gasteiger partial charge in [0.15, 0.2) is 0 Å². The maximum atomic E-state index is 12.8. The number of nitrogens with zero attached hydrogens (tertiary/aromatic N) is 4. The molecule has 0 aromatic heterocycles. The first kappa shape index (κ1) is 56.9. The Kier molecular flexibility index (Phi) is 36.2. The van der Waals surface area contributed by atoms with Crippen molar-refractivity contribution in [1.82, 2.24) is 30.2 Å². The van der Waals surface area contributed by atoms with Gasteiger partial charge in [0.2, 0.25) is 11.8 Å². The fourth-order valence-electron chi connectivity index (χ4n) is 5.72. The lowest BCUT2D eigenvalue weighted by Gasteiger charge is -2.32. The monoisotopic (exact) mass is 897 g/mol. The molecule has 1 aliphatic rings. The molecular formula is C40H76N6O16. The predicted molar refractivity (Wildman–Crippen MR) is 225 cm³/mol. The average molecular weight is 897 g/mol. The molecule has 1 heterocycles. The summed E-state index contributed by atoms with van der Waals surface area (Å²) < 4.78 is 43.9. The highest BCUT2D eigenvalue weighted by Crippen LogP contribution is 2.03. The van der Waals surface area contributed by atoms with E-state index in [0.717, 1.165) is 6.42 Å². The van der Waals surface area contributed by atoms with Crippen LogP contribution in [0.2, 0.25) is 0 Å². The highest BCUT2D eigenvalue weighted by atomic mass is 16.6. The molecule has 0 unspecified atom stereocenters. The minimum Gasteiger partial charge on any atom is -0.480 e. The topological polar surface area (TPSA) is 257 Å². The molecule has 1 aliphatic heterocycles. The molecule has 1 rings (SSSR count). The number of rotatable bonds is 38. The van der Waals surface area contributed by atoms with Crippen LogP contribution in [0, 0.1) is 5.92 Å². The number of hydrogen-bond donors (Lipinski definition) is 5. The Labute approximate surface area is 366 Å². The van der Waals surface area contributed by atoms with Crippen molar-refractivity contribution in [3.05, 3.63) is 0 Å². The summed E-state index contributed by atoms with van der Waals surface area (Å²) in [6.45, 7) is 13.6. The van der Waals surface area contributed by atoms with Gasteiger partial charge in [0.25, 0.3) is 0 Å². The molecule has 0 spiro atoms. The molecular weight excluding hydrogens is 820 g/mol. The fourth-order valence-corrected chi connectivity index (χ4v) is 5.72. The first-order valence-electron chi connectivity index (χ1n) is 21.6. The van der Waals surface area contributed by atoms with Crippen molar-refractivity contribution in [1.29, 1.82) is 0 Å². The van der Waals surface area contributed by atoms with E-state index in [1.807, 2.05) is 4.90 Å². The van der Waals surface area contributed by atoms with E-state index in [1.165, 1.54) is 0 Å². The molecule has 1 fully saturated rings. The molecule has 0 radical (unpaired) electrons. The van der Waals surface area contributed by atoms with Crippen LogP contribution >= 0.6 is 0 Å². The van der Waals surface area contributed by atoms with Gasteiger partial charge < -0.3 is 63.8 Å². The Morgan fingerprint density at radius 2 is 0.645 bits per heavy atom. The van der Waals surface area contributed by atoms with E-state index in [0.29, 0.717) is 170 Å². The molecule has 362 valence electrons. The number of nitrogens with one attached hydrogen (secondary N) is 2. The van der Waals surface area contributed by atoms with Gasteiger partial charge in [-0.05, 0) is 12.3 Å². The zero-order chi connectivity index (χ0) is 45.5. The lowest BCUT2D eigenvalue weighted by molar-refractivity contribution is -0.140. The number of carboxylic acids is 3. The quantitative estimate of drug-likeness (QED) is 0.0431. The van der Waals surface area contributed by atoms with Crippen LogP contribution in [0.3, 0.4) is 0 Å². The van der Waals surface area contributed by atoms with E-state index in [4.69, 9.17) is 37.9 Å². The maximum Gasteiger partial charge on any atom is 0.317 e. The van der Waals surface area contributed by atoms with E-state index in [9.17, 15) is 39.3 Å². The highest BCUT2D eigenvalue weighted by Gasteiger charge is 2.21. The van der Waals surface area contributed by atoms with Crippen LogP contribution in [0.15, 0.2) is 0 Å². The molecule has 0 saturated carbocycles. The van der Waals surface area contributed by atoms with Crippen LogP contribution < -0.4 is 10.6 Å². The lowest BCUT2D eigenvalue weighted by Crippen LogP contribution is -2.50. The molecule has 5 N–H and O–H groups in total. The van der Waals surface area contributed by atoms with Crippen molar-refractivity contribution in [3.8, 4) is 0 Å². The molecule has 62 heavy (non-hydrogen) atoms. The second kappa shape index (κ2) is 39.5. The minimum atomic E-state index is -1.02. The SMILES string of the molecule is CC(C)CCC(=O)NCCOCCOCCOCCOCCOCCOCCOCCOCCNC(=O)CN1CCN(CC(=O)O)CCN(CC(=O)O)CCN(CC(=O)O)CC1. The number of amides is 2. The van der Waals surface area contributed by atoms with Gasteiger partial charge in [-0.15, -0.1) is 0 Å². The summed E-state index contributed by atoms with van der Waals surface area (Å²) in [6, 6.07) is 0. The number of hydrogen-bond acceptors (Lipinski definition) is 17. The summed E-state index contributed by atoms with van der Waals surface area (Å²) in [5.74, 6) is -2.72. The highest BCUT2D eigenvalue weighted by molar-refractivity contribution is 5.78. The number of carboxylic acid groups (broad SMARTS) is 3. The molecule has 0 aromatic rings. The van der Waals surface area contributed by atoms with E-state index < -0.39 is 17.9 Å². The third-order valence-corrected chi connectivity index (χ3v) is 9.06. The summed E-state index contributed by atoms with van der Waals surface area (Å²) in [5, 5.41) is 33.8. The smallest absolute Gasteiger partial charge is 0.317 e. The third kappa shape index (κ3) is 37.4. The Balaban J connectivity index is 2.01. The van der Waals surface area contributed by atoms with Crippen molar-refractivity contribution in [2.24, 2.45) is 5.92 Å². The summed E-state index contributed by atoms with van der Waals surface area (Å²) >= 11 is 0. The van der Waals surface area contributed by atoms with Crippen molar-refractivity contribution >= 4 is 29.7 Å². The molecule has 2 amide bonds. The molecule has 1 saturated heterocycles. The number of carbonyl (C=O) groups excluding carboxylic acids is 2. The Hall–Kier alpha value is -3.13. The van der Waals surface area contributed by atoms with Crippen molar-refractivity contribution < 1.29 is 77.2 Å². The van der Waals surface area contributed by atoms with Crippen LogP contribution in [0.25, 0.3) is 0 Å². The molecule has 0 aromatic carbocycles. The molecule has 22 nitrogen and oxygen atoms in total. The Bertz CT molecular complexity index is 1140. The van der Waals surface area contributed by atoms with Gasteiger partial charge in [-0.1, -0.05) is 13.8 Å². The summed E-state index contributed by atoms with van der Waals surface area (Å²) in [4.78, 5) is 65.7. The molecule has 0 atom stereocenters. The van der Waals surface area contributed by atoms with Gasteiger partial charge in [0.1, 0.15) is 0 Å². The second-order valence-electron chi connectivity index (χ2n) is 14.8. The maximum absolute atomic E-state index is 12.8. The van der Waals surface area contributed by atoms with Gasteiger partial charge in [-0.25, -0.2) is 0 Å². The summed E-state index contributed by atoms with van der Waals surface area (Å²) in [6.07, 6.45) is 1.43. The zero-order valence-electron chi connectivity index (χ0n) is 37.1. The van der Waals surface area contributed by atoms with Crippen molar-refractivity contribution in [3.63, 3.8) is 0 Å². The fraction of sp³-hybridized carbons (Fsp3) is 0.875. The second-order valence-corrected chi connectivity index (χ2v) is 14.8. The first-order valence-corrected chi connectivity index (χ1v) is 21.6. The van der Waals surface area contributed by atoms with Crippen molar-refractivity contribution in [2.45, 2.75) is 26.7 Å². The van der Waals surface area contributed by atoms with E-state index in [1.54, 1.807) is 14.7 Å². The van der Waals surface area contributed by atoms with Crippen LogP contribution in [0.4, 0.5) is 0 Å². The number of carbonyl (C=O) groups is 5. The van der Waals surface area contributed by atoms with Crippen LogP contribution in [-0.4, -0.2) is 262 Å². The van der Waals surface area contributed by atoms with E-state index in [2.05, 4.69) is 24.5 Å². The molecule has 22 heteroatoms. The molecule has 0 aliphatic carbocycles. The van der Waals surface area contributed by atoms with E-state index >= 15 is 0 Å². The number of aliphatic carboxylic acids is 3. The van der Waals surface area contributed by atoms with Crippen LogP contribution in [-0.2, 0) is 61.9 Å². The van der Waals surface area contributed by atoms with Gasteiger partial charge in [-0.2, -0.15) is 0 Å². The molecule has 0 bridgehead atoms. The van der Waals surface area contributed by atoms with Crippen LogP contribution in [0.1, 0.15) is 26.7 Å². The van der Waals surface area contributed by atoms with Crippen LogP contribution in [0.5, 0.6) is 0 Å².